The predicted octanol–water partition coefficient (Wildman–Crippen LogP) is 7.20. The predicted molar refractivity (Wildman–Crippen MR) is 183 cm³/mol. The van der Waals surface area contributed by atoms with Gasteiger partial charge in [-0.3, -0.25) is 5.32 Å². The van der Waals surface area contributed by atoms with Crippen molar-refractivity contribution in [1.82, 2.24) is 14.1 Å². The van der Waals surface area contributed by atoms with E-state index in [0.717, 1.165) is 41.8 Å². The molecule has 2 saturated heterocycles. The number of aromatic carboxylic acids is 1. The number of fused-ring (bicyclic) bond motifs is 2. The van der Waals surface area contributed by atoms with Crippen molar-refractivity contribution in [1.29, 1.82) is 0 Å². The van der Waals surface area contributed by atoms with E-state index in [1.807, 2.05) is 61.5 Å². The molecule has 3 N–H and O–H groups in total. The molecule has 2 unspecified atom stereocenters. The fourth-order valence-electron chi connectivity index (χ4n) is 7.24. The molecule has 6 rings (SSSR count). The maximum absolute atomic E-state index is 13.9. The fourth-order valence-corrected chi connectivity index (χ4v) is 9.51. The van der Waals surface area contributed by atoms with E-state index < -0.39 is 16.0 Å². The number of anilines is 2. The molecule has 0 radical (unpaired) electrons. The first-order valence-corrected chi connectivity index (χ1v) is 17.8. The van der Waals surface area contributed by atoms with E-state index in [4.69, 9.17) is 9.52 Å². The summed E-state index contributed by atoms with van der Waals surface area (Å²) < 4.78 is 36.5. The van der Waals surface area contributed by atoms with Crippen LogP contribution in [0.4, 0.5) is 16.3 Å². The smallest absolute Gasteiger partial charge is 0.340 e. The third-order valence-corrected chi connectivity index (χ3v) is 11.6. The van der Waals surface area contributed by atoms with Crippen molar-refractivity contribution in [2.75, 3.05) is 10.6 Å². The summed E-state index contributed by atoms with van der Waals surface area (Å²) in [6.45, 7) is 11.2. The van der Waals surface area contributed by atoms with Gasteiger partial charge >= 0.3 is 12.0 Å². The molecule has 2 fully saturated rings. The van der Waals surface area contributed by atoms with Crippen LogP contribution in [0.25, 0.3) is 5.69 Å². The second-order valence-electron chi connectivity index (χ2n) is 14.2. The second kappa shape index (κ2) is 12.6. The number of furan rings is 1. The van der Waals surface area contributed by atoms with Crippen molar-refractivity contribution in [2.45, 2.75) is 96.0 Å². The first-order valence-electron chi connectivity index (χ1n) is 16.3. The van der Waals surface area contributed by atoms with Crippen LogP contribution in [0.5, 0.6) is 0 Å². The van der Waals surface area contributed by atoms with E-state index in [2.05, 4.69) is 31.4 Å². The Labute approximate surface area is 281 Å². The van der Waals surface area contributed by atoms with E-state index in [-0.39, 0.29) is 51.4 Å². The molecule has 48 heavy (non-hydrogen) atoms. The number of aryl methyl sites for hydroxylation is 3. The number of carbonyl (C=O) groups excluding carboxylic acids is 1. The van der Waals surface area contributed by atoms with Gasteiger partial charge in [0.2, 0.25) is 10.0 Å². The normalized spacial score (nSPS) is 19.8. The van der Waals surface area contributed by atoms with Crippen molar-refractivity contribution in [3.05, 3.63) is 88.5 Å². The molecular weight excluding hydrogens is 630 g/mol. The number of benzene rings is 2. The van der Waals surface area contributed by atoms with Crippen LogP contribution in [0, 0.1) is 26.7 Å². The molecule has 12 heteroatoms. The fraction of sp³-hybridized carbons (Fsp3) is 0.417. The van der Waals surface area contributed by atoms with Gasteiger partial charge in [-0.15, -0.1) is 0 Å². The number of nitrogens with zero attached hydrogens (tertiary/aromatic N) is 3. The molecule has 11 nitrogen and oxygen atoms in total. The van der Waals surface area contributed by atoms with Crippen molar-refractivity contribution in [3.8, 4) is 5.69 Å². The average Bonchev–Trinajstić information content (AvgIpc) is 3.65. The highest BCUT2D eigenvalue weighted by Gasteiger charge is 2.49. The number of hydrogen-bond donors (Lipinski definition) is 3. The van der Waals surface area contributed by atoms with Gasteiger partial charge in [-0.1, -0.05) is 50.6 Å². The molecule has 0 saturated carbocycles. The van der Waals surface area contributed by atoms with Gasteiger partial charge in [-0.2, -0.15) is 9.40 Å². The molecule has 2 aliphatic heterocycles. The lowest BCUT2D eigenvalue weighted by atomic mass is 9.87. The highest BCUT2D eigenvalue weighted by molar-refractivity contribution is 7.89. The molecule has 2 bridgehead atoms. The van der Waals surface area contributed by atoms with E-state index in [1.165, 1.54) is 13.8 Å². The number of carbonyl (C=O) groups is 2. The molecule has 2 aliphatic rings. The van der Waals surface area contributed by atoms with E-state index in [9.17, 15) is 23.1 Å². The van der Waals surface area contributed by atoms with Crippen molar-refractivity contribution < 1.29 is 27.5 Å². The first kappa shape index (κ1) is 33.5. The maximum Gasteiger partial charge on any atom is 0.340 e. The van der Waals surface area contributed by atoms with Gasteiger partial charge in [0.05, 0.1) is 11.4 Å². The number of hydrogen-bond acceptors (Lipinski definition) is 6. The zero-order valence-electron chi connectivity index (χ0n) is 28.2. The number of sulfonamides is 1. The van der Waals surface area contributed by atoms with E-state index >= 15 is 0 Å². The summed E-state index contributed by atoms with van der Waals surface area (Å²) in [5.41, 5.74) is 4.03. The quantitative estimate of drug-likeness (QED) is 0.179. The molecule has 254 valence electrons. The number of carboxylic acid groups (broad SMARTS) is 1. The lowest BCUT2D eigenvalue weighted by molar-refractivity contribution is 0.0690. The van der Waals surface area contributed by atoms with Crippen LogP contribution >= 0.6 is 0 Å². The summed E-state index contributed by atoms with van der Waals surface area (Å²) in [6.07, 6.45) is 3.54. The number of nitrogens with one attached hydrogen (secondary N) is 2. The standard InChI is InChI=1S/C36H43N5O6S/c1-21-10-12-27(13-11-21)40-31(20-30(39-40)36(4,5)6)38-35(44)37-26-9-7-8-24(17-26)16-25-18-28-14-15-29(19-25)41(28)48(45,46)33-23(3)47-22(2)32(33)34(42)43/h7-13,17,20,25,28-29H,14-16,18-19H2,1-6H3,(H,42,43)(H2,37,38,44). The summed E-state index contributed by atoms with van der Waals surface area (Å²) in [5.74, 6) is -0.308. The Kier molecular flexibility index (Phi) is 8.76. The van der Waals surface area contributed by atoms with Crippen molar-refractivity contribution >= 4 is 33.5 Å². The minimum atomic E-state index is -4.06. The molecule has 2 amide bonds. The molecular formula is C36H43N5O6S. The van der Waals surface area contributed by atoms with Gasteiger partial charge < -0.3 is 14.8 Å². The first-order chi connectivity index (χ1) is 22.6. The summed E-state index contributed by atoms with van der Waals surface area (Å²) in [5, 5.41) is 20.5. The Morgan fingerprint density at radius 1 is 0.958 bits per heavy atom. The largest absolute Gasteiger partial charge is 0.478 e. The van der Waals surface area contributed by atoms with Gasteiger partial charge in [-0.05, 0) is 88.6 Å². The molecule has 0 spiro atoms. The summed E-state index contributed by atoms with van der Waals surface area (Å²) >= 11 is 0. The molecule has 4 aromatic rings. The van der Waals surface area contributed by atoms with Gasteiger partial charge in [0.15, 0.2) is 0 Å². The Morgan fingerprint density at radius 3 is 2.25 bits per heavy atom. The van der Waals surface area contributed by atoms with Crippen LogP contribution in [-0.2, 0) is 21.9 Å². The number of piperidine rings is 1. The monoisotopic (exact) mass is 673 g/mol. The van der Waals surface area contributed by atoms with Gasteiger partial charge in [0, 0.05) is 29.3 Å². The number of rotatable bonds is 8. The van der Waals surface area contributed by atoms with Crippen LogP contribution in [0.1, 0.15) is 85.2 Å². The minimum absolute atomic E-state index is 0.0922. The van der Waals surface area contributed by atoms with E-state index in [1.54, 1.807) is 8.99 Å². The van der Waals surface area contributed by atoms with Crippen molar-refractivity contribution in [3.63, 3.8) is 0 Å². The third-order valence-electron chi connectivity index (χ3n) is 9.43. The number of aromatic nitrogens is 2. The third kappa shape index (κ3) is 6.51. The van der Waals surface area contributed by atoms with Crippen LogP contribution in [0.2, 0.25) is 0 Å². The number of amides is 2. The van der Waals surface area contributed by atoms with Gasteiger partial charge in [0.1, 0.15) is 27.8 Å². The minimum Gasteiger partial charge on any atom is -0.478 e. The Balaban J connectivity index is 1.14. The molecule has 2 atom stereocenters. The zero-order chi connectivity index (χ0) is 34.5. The van der Waals surface area contributed by atoms with Crippen LogP contribution in [0.3, 0.4) is 0 Å². The average molecular weight is 674 g/mol. The van der Waals surface area contributed by atoms with Gasteiger partial charge in [0.25, 0.3) is 0 Å². The Bertz CT molecular complexity index is 1960. The van der Waals surface area contributed by atoms with Crippen LogP contribution < -0.4 is 10.6 Å². The lowest BCUT2D eigenvalue weighted by Gasteiger charge is -2.38. The molecule has 2 aromatic heterocycles. The topological polar surface area (TPSA) is 147 Å². The summed E-state index contributed by atoms with van der Waals surface area (Å²) in [4.78, 5) is 25.0. The molecule has 2 aromatic carbocycles. The van der Waals surface area contributed by atoms with Crippen LogP contribution in [0.15, 0.2) is 63.9 Å². The summed E-state index contributed by atoms with van der Waals surface area (Å²) in [7, 11) is -4.06. The highest BCUT2D eigenvalue weighted by atomic mass is 32.2. The van der Waals surface area contributed by atoms with Gasteiger partial charge in [-0.25, -0.2) is 22.7 Å². The number of urea groups is 1. The van der Waals surface area contributed by atoms with Crippen LogP contribution in [-0.4, -0.2) is 51.7 Å². The second-order valence-corrected chi connectivity index (χ2v) is 16.0. The summed E-state index contributed by atoms with van der Waals surface area (Å²) in [6, 6.07) is 16.8. The SMILES string of the molecule is Cc1ccc(-n2nc(C(C)(C)C)cc2NC(=O)Nc2cccc(CC3CC4CCC(C3)N4S(=O)(=O)c3c(C)oc(C)c3C(=O)O)c2)cc1. The lowest BCUT2D eigenvalue weighted by Crippen LogP contribution is -2.47. The van der Waals surface area contributed by atoms with E-state index in [0.29, 0.717) is 24.3 Å². The maximum atomic E-state index is 13.9. The van der Waals surface area contributed by atoms with Crippen molar-refractivity contribution in [2.24, 2.45) is 5.92 Å². The molecule has 4 heterocycles. The Morgan fingerprint density at radius 2 is 1.62 bits per heavy atom. The Hall–Kier alpha value is -4.42. The number of carboxylic acids is 1. The highest BCUT2D eigenvalue weighted by Crippen LogP contribution is 2.44. The zero-order valence-corrected chi connectivity index (χ0v) is 29.0. The molecule has 0 aliphatic carbocycles.